The summed E-state index contributed by atoms with van der Waals surface area (Å²) in [6.45, 7) is 2.61. The van der Waals surface area contributed by atoms with E-state index in [2.05, 4.69) is 10.4 Å². The Hall–Kier alpha value is -3.15. The number of aromatic nitrogens is 2. The van der Waals surface area contributed by atoms with Gasteiger partial charge in [-0.2, -0.15) is 5.10 Å². The Bertz CT molecular complexity index is 902. The molecule has 2 heterocycles. The molecule has 26 heavy (non-hydrogen) atoms. The second kappa shape index (κ2) is 8.29. The lowest BCUT2D eigenvalue weighted by Crippen LogP contribution is -2.34. The zero-order valence-electron chi connectivity index (χ0n) is 14.6. The van der Waals surface area contributed by atoms with Crippen LogP contribution in [-0.4, -0.2) is 22.2 Å². The van der Waals surface area contributed by atoms with E-state index < -0.39 is 0 Å². The number of carbonyl (C=O) groups is 1. The molecule has 2 aromatic heterocycles. The molecule has 6 heteroatoms. The van der Waals surface area contributed by atoms with Gasteiger partial charge in [0, 0.05) is 12.6 Å². The zero-order chi connectivity index (χ0) is 18.4. The molecule has 3 rings (SSSR count). The van der Waals surface area contributed by atoms with Gasteiger partial charge < -0.3 is 9.73 Å². The average Bonchev–Trinajstić information content (AvgIpc) is 3.19. The summed E-state index contributed by atoms with van der Waals surface area (Å²) in [7, 11) is 0. The van der Waals surface area contributed by atoms with Gasteiger partial charge in [0.1, 0.15) is 5.69 Å². The summed E-state index contributed by atoms with van der Waals surface area (Å²) in [6, 6.07) is 16.3. The molecule has 1 amide bonds. The summed E-state index contributed by atoms with van der Waals surface area (Å²) in [5, 5.41) is 7.19. The van der Waals surface area contributed by atoms with Crippen molar-refractivity contribution >= 4 is 5.91 Å². The predicted molar refractivity (Wildman–Crippen MR) is 98.7 cm³/mol. The third kappa shape index (κ3) is 4.08. The van der Waals surface area contributed by atoms with E-state index in [-0.39, 0.29) is 17.4 Å². The summed E-state index contributed by atoms with van der Waals surface area (Å²) < 4.78 is 6.64. The van der Waals surface area contributed by atoms with Crippen LogP contribution in [0.15, 0.2) is 70.1 Å². The third-order valence-corrected chi connectivity index (χ3v) is 4.19. The minimum absolute atomic E-state index is 0.0473. The van der Waals surface area contributed by atoms with Gasteiger partial charge in [-0.25, -0.2) is 4.68 Å². The highest BCUT2D eigenvalue weighted by atomic mass is 16.3. The van der Waals surface area contributed by atoms with Crippen LogP contribution in [0.3, 0.4) is 0 Å². The van der Waals surface area contributed by atoms with Crippen molar-refractivity contribution in [1.29, 1.82) is 0 Å². The molecule has 1 unspecified atom stereocenters. The van der Waals surface area contributed by atoms with Crippen LogP contribution in [0.4, 0.5) is 0 Å². The van der Waals surface area contributed by atoms with Crippen molar-refractivity contribution in [3.05, 3.63) is 76.8 Å². The van der Waals surface area contributed by atoms with Crippen LogP contribution >= 0.6 is 0 Å². The van der Waals surface area contributed by atoms with E-state index in [1.54, 1.807) is 24.5 Å². The maximum absolute atomic E-state index is 12.5. The molecular weight excluding hydrogens is 330 g/mol. The zero-order valence-corrected chi connectivity index (χ0v) is 14.6. The topological polar surface area (TPSA) is 77.1 Å². The van der Waals surface area contributed by atoms with E-state index in [0.29, 0.717) is 31.0 Å². The first-order valence-electron chi connectivity index (χ1n) is 8.63. The molecule has 0 bridgehead atoms. The molecule has 134 valence electrons. The Morgan fingerprint density at radius 3 is 2.65 bits per heavy atom. The average molecular weight is 351 g/mol. The van der Waals surface area contributed by atoms with E-state index in [0.717, 1.165) is 5.56 Å². The van der Waals surface area contributed by atoms with Crippen molar-refractivity contribution in [2.75, 3.05) is 6.54 Å². The minimum Gasteiger partial charge on any atom is -0.463 e. The summed E-state index contributed by atoms with van der Waals surface area (Å²) in [5.74, 6) is 0.349. The fraction of sp³-hybridized carbons (Fsp3) is 0.250. The van der Waals surface area contributed by atoms with Crippen LogP contribution in [0.25, 0.3) is 11.5 Å². The second-order valence-electron chi connectivity index (χ2n) is 5.92. The molecule has 0 spiro atoms. The maximum atomic E-state index is 12.5. The lowest BCUT2D eigenvalue weighted by molar-refractivity contribution is -0.122. The molecule has 0 aliphatic rings. The standard InChI is InChI=1S/C20H21N3O3/c1-2-16(15-7-4-3-5-8-15)20(25)21-12-13-23-19(24)11-10-17(22-23)18-9-6-14-26-18/h3-11,14,16H,2,12-13H2,1H3,(H,21,25). The fourth-order valence-electron chi connectivity index (χ4n) is 2.83. The lowest BCUT2D eigenvalue weighted by Gasteiger charge is -2.15. The van der Waals surface area contributed by atoms with E-state index in [4.69, 9.17) is 4.42 Å². The second-order valence-corrected chi connectivity index (χ2v) is 5.92. The molecule has 0 radical (unpaired) electrons. The van der Waals surface area contributed by atoms with Gasteiger partial charge in [0.2, 0.25) is 5.91 Å². The first-order valence-corrected chi connectivity index (χ1v) is 8.63. The highest BCUT2D eigenvalue weighted by molar-refractivity contribution is 5.83. The quantitative estimate of drug-likeness (QED) is 0.710. The van der Waals surface area contributed by atoms with Crippen molar-refractivity contribution in [3.8, 4) is 11.5 Å². The first kappa shape index (κ1) is 17.7. The molecular formula is C20H21N3O3. The maximum Gasteiger partial charge on any atom is 0.266 e. The summed E-state index contributed by atoms with van der Waals surface area (Å²) >= 11 is 0. The summed E-state index contributed by atoms with van der Waals surface area (Å²) in [5.41, 5.74) is 1.35. The lowest BCUT2D eigenvalue weighted by atomic mass is 9.96. The summed E-state index contributed by atoms with van der Waals surface area (Å²) in [6.07, 6.45) is 2.27. The Kier molecular flexibility index (Phi) is 5.63. The van der Waals surface area contributed by atoms with Gasteiger partial charge in [-0.15, -0.1) is 0 Å². The number of amides is 1. The van der Waals surface area contributed by atoms with E-state index >= 15 is 0 Å². The SMILES string of the molecule is CCC(C(=O)NCCn1nc(-c2ccco2)ccc1=O)c1ccccc1. The van der Waals surface area contributed by atoms with Gasteiger partial charge in [-0.3, -0.25) is 9.59 Å². The van der Waals surface area contributed by atoms with E-state index in [1.165, 1.54) is 10.7 Å². The van der Waals surface area contributed by atoms with Crippen molar-refractivity contribution in [3.63, 3.8) is 0 Å². The number of hydrogen-bond donors (Lipinski definition) is 1. The smallest absolute Gasteiger partial charge is 0.266 e. The number of carbonyl (C=O) groups excluding carboxylic acids is 1. The fourth-order valence-corrected chi connectivity index (χ4v) is 2.83. The number of nitrogens with one attached hydrogen (secondary N) is 1. The minimum atomic E-state index is -0.218. The number of rotatable bonds is 7. The number of furan rings is 1. The first-order chi connectivity index (χ1) is 12.7. The number of hydrogen-bond acceptors (Lipinski definition) is 4. The van der Waals surface area contributed by atoms with E-state index in [1.807, 2.05) is 37.3 Å². The van der Waals surface area contributed by atoms with Crippen LogP contribution in [-0.2, 0) is 11.3 Å². The monoisotopic (exact) mass is 351 g/mol. The van der Waals surface area contributed by atoms with Crippen molar-refractivity contribution < 1.29 is 9.21 Å². The molecule has 0 fully saturated rings. The van der Waals surface area contributed by atoms with Crippen molar-refractivity contribution in [2.45, 2.75) is 25.8 Å². The van der Waals surface area contributed by atoms with Gasteiger partial charge in [0.25, 0.3) is 5.56 Å². The van der Waals surface area contributed by atoms with Crippen molar-refractivity contribution in [1.82, 2.24) is 15.1 Å². The van der Waals surface area contributed by atoms with Gasteiger partial charge in [0.15, 0.2) is 5.76 Å². The Balaban J connectivity index is 1.63. The number of benzene rings is 1. The summed E-state index contributed by atoms with van der Waals surface area (Å²) in [4.78, 5) is 24.5. The van der Waals surface area contributed by atoms with Crippen LogP contribution < -0.4 is 10.9 Å². The van der Waals surface area contributed by atoms with Gasteiger partial charge in [0.05, 0.1) is 18.7 Å². The van der Waals surface area contributed by atoms with Crippen LogP contribution in [0.5, 0.6) is 0 Å². The molecule has 6 nitrogen and oxygen atoms in total. The van der Waals surface area contributed by atoms with E-state index in [9.17, 15) is 9.59 Å². The molecule has 1 aromatic carbocycles. The van der Waals surface area contributed by atoms with Crippen LogP contribution in [0, 0.1) is 0 Å². The molecule has 1 N–H and O–H groups in total. The van der Waals surface area contributed by atoms with Gasteiger partial charge in [-0.1, -0.05) is 37.3 Å². The normalized spacial score (nSPS) is 11.9. The van der Waals surface area contributed by atoms with Crippen LogP contribution in [0.1, 0.15) is 24.8 Å². The third-order valence-electron chi connectivity index (χ3n) is 4.19. The Labute approximate surface area is 151 Å². The Morgan fingerprint density at radius 1 is 1.15 bits per heavy atom. The highest BCUT2D eigenvalue weighted by Crippen LogP contribution is 2.19. The van der Waals surface area contributed by atoms with Crippen LogP contribution in [0.2, 0.25) is 0 Å². The van der Waals surface area contributed by atoms with Gasteiger partial charge in [-0.05, 0) is 30.2 Å². The largest absolute Gasteiger partial charge is 0.463 e. The molecule has 0 saturated heterocycles. The molecule has 0 saturated carbocycles. The predicted octanol–water partition coefficient (Wildman–Crippen LogP) is 2.81. The molecule has 3 aromatic rings. The highest BCUT2D eigenvalue weighted by Gasteiger charge is 2.17. The van der Waals surface area contributed by atoms with Crippen molar-refractivity contribution in [2.24, 2.45) is 0 Å². The molecule has 0 aliphatic heterocycles. The number of nitrogens with zero attached hydrogens (tertiary/aromatic N) is 2. The Morgan fingerprint density at radius 2 is 1.96 bits per heavy atom. The van der Waals surface area contributed by atoms with Gasteiger partial charge >= 0.3 is 0 Å². The molecule has 0 aliphatic carbocycles. The molecule has 1 atom stereocenters.